The predicted molar refractivity (Wildman–Crippen MR) is 70.1 cm³/mol. The number of rotatable bonds is 12. The first-order chi connectivity index (χ1) is 16.7. The molecule has 0 radical (unpaired) electrons. The molecule has 0 aromatic rings. The number of halogens is 24. The zero-order chi connectivity index (χ0) is 33.6. The minimum absolute atomic E-state index is 0. The monoisotopic (exact) mass is 704 g/mol. The van der Waals surface area contributed by atoms with Crippen molar-refractivity contribution >= 4 is 10.1 Å². The summed E-state index contributed by atoms with van der Waals surface area (Å²) in [5.74, 6) is -92.1. The Morgan fingerprint density at radius 3 is 0.732 bits per heavy atom. The summed E-state index contributed by atoms with van der Waals surface area (Å²) in [5, 5.41) is -8.29. The molecule has 0 N–H and O–H groups in total. The summed E-state index contributed by atoms with van der Waals surface area (Å²) >= 11 is 0. The molecule has 0 saturated heterocycles. The summed E-state index contributed by atoms with van der Waals surface area (Å²) in [6.07, 6.45) is -6.32. The SMILES string of the molecule is O=S(=O)([O-])C(F)(F)C(F)(F)C(F)(F)C(F)(F)C(F)(F)C(F)(F)C(F)(F)C(F)(F)C(F)(F)C(F)(F)C(F)(F)C(F)F.[Na+]. The van der Waals surface area contributed by atoms with Crippen LogP contribution in [0.5, 0.6) is 0 Å². The first kappa shape index (κ1) is 42.4. The van der Waals surface area contributed by atoms with E-state index in [1.807, 2.05) is 0 Å². The van der Waals surface area contributed by atoms with Crippen molar-refractivity contribution < 1.29 is 148 Å². The minimum atomic E-state index is -9.67. The number of alkyl halides is 24. The van der Waals surface area contributed by atoms with Gasteiger partial charge in [0.1, 0.15) is 0 Å². The number of hydrogen-bond donors (Lipinski definition) is 0. The van der Waals surface area contributed by atoms with E-state index in [0.717, 1.165) is 0 Å². The van der Waals surface area contributed by atoms with Crippen LogP contribution in [0.3, 0.4) is 0 Å². The van der Waals surface area contributed by atoms with Crippen molar-refractivity contribution in [1.29, 1.82) is 0 Å². The second-order valence-corrected chi connectivity index (χ2v) is 8.49. The molecular weight excluding hydrogens is 703 g/mol. The van der Waals surface area contributed by atoms with Crippen LogP contribution in [0.15, 0.2) is 0 Å². The summed E-state index contributed by atoms with van der Waals surface area (Å²) in [7, 11) is -8.45. The Labute approximate surface area is 229 Å². The standard InChI is InChI=1S/C12H2F24O3S.Na/c13-1(14)2(15,16)3(17,18)4(19,20)5(21,22)6(23,24)7(25,26)8(27,28)9(29,30)10(31,32)11(33,34)12(35,36)40(37,38)39;/h1H,(H,37,38,39);/q;+1/p-1. The van der Waals surface area contributed by atoms with Gasteiger partial charge in [-0.3, -0.25) is 0 Å². The molecule has 0 heterocycles. The van der Waals surface area contributed by atoms with Gasteiger partial charge < -0.3 is 4.55 Å². The zero-order valence-corrected chi connectivity index (χ0v) is 20.6. The molecule has 0 aliphatic rings. The summed E-state index contributed by atoms with van der Waals surface area (Å²) in [6.45, 7) is 0. The molecule has 0 aliphatic heterocycles. The molecule has 29 heteroatoms. The maximum absolute atomic E-state index is 13.5. The van der Waals surface area contributed by atoms with Crippen LogP contribution in [-0.4, -0.2) is 83.9 Å². The normalized spacial score (nSPS) is 16.6. The average Bonchev–Trinajstić information content (AvgIpc) is 2.71. The van der Waals surface area contributed by atoms with Gasteiger partial charge in [-0.15, -0.1) is 0 Å². The maximum atomic E-state index is 13.5. The molecule has 3 nitrogen and oxygen atoms in total. The van der Waals surface area contributed by atoms with Gasteiger partial charge in [0.25, 0.3) is 0 Å². The van der Waals surface area contributed by atoms with Gasteiger partial charge in [0.15, 0.2) is 10.1 Å². The zero-order valence-electron chi connectivity index (χ0n) is 17.8. The summed E-state index contributed by atoms with van der Waals surface area (Å²) in [5.41, 5.74) is 0. The predicted octanol–water partition coefficient (Wildman–Crippen LogP) is 3.75. The summed E-state index contributed by atoms with van der Waals surface area (Å²) in [4.78, 5) is 0. The van der Waals surface area contributed by atoms with E-state index in [9.17, 15) is 118 Å². The molecule has 0 saturated carbocycles. The third-order valence-electron chi connectivity index (χ3n) is 4.53. The first-order valence-electron chi connectivity index (χ1n) is 8.09. The topological polar surface area (TPSA) is 57.2 Å². The third-order valence-corrected chi connectivity index (χ3v) is 5.41. The van der Waals surface area contributed by atoms with Gasteiger partial charge in [-0.05, 0) is 0 Å². The van der Waals surface area contributed by atoms with E-state index in [1.54, 1.807) is 0 Å². The maximum Gasteiger partial charge on any atom is 1.00 e. The van der Waals surface area contributed by atoms with Crippen LogP contribution in [0.25, 0.3) is 0 Å². The van der Waals surface area contributed by atoms with Crippen LogP contribution in [0.1, 0.15) is 0 Å². The second-order valence-electron chi connectivity index (χ2n) is 7.06. The summed E-state index contributed by atoms with van der Waals surface area (Å²) < 4.78 is 344. The Morgan fingerprint density at radius 1 is 0.390 bits per heavy atom. The van der Waals surface area contributed by atoms with E-state index < -0.39 is 81.0 Å². The summed E-state index contributed by atoms with van der Waals surface area (Å²) in [6, 6.07) is 0. The molecule has 0 bridgehead atoms. The fourth-order valence-electron chi connectivity index (χ4n) is 2.07. The van der Waals surface area contributed by atoms with E-state index in [2.05, 4.69) is 0 Å². The fraction of sp³-hybridized carbons (Fsp3) is 1.00. The molecule has 0 amide bonds. The molecular formula is C12HF24NaO3S. The smallest absolute Gasteiger partial charge is 0.743 e. The van der Waals surface area contributed by atoms with Crippen LogP contribution in [-0.2, 0) is 10.1 Å². The molecule has 0 fully saturated rings. The van der Waals surface area contributed by atoms with Crippen molar-refractivity contribution in [3.05, 3.63) is 0 Å². The quantitative estimate of drug-likeness (QED) is 0.177. The van der Waals surface area contributed by atoms with Gasteiger partial charge in [-0.25, -0.2) is 17.2 Å². The van der Waals surface area contributed by atoms with Crippen molar-refractivity contribution in [3.8, 4) is 0 Å². The minimum Gasteiger partial charge on any atom is -0.743 e. The Bertz CT molecular complexity index is 1060. The molecule has 242 valence electrons. The fourth-order valence-corrected chi connectivity index (χ4v) is 2.51. The van der Waals surface area contributed by atoms with Gasteiger partial charge in [0, 0.05) is 0 Å². The Balaban J connectivity index is 0. The molecule has 0 unspecified atom stereocenters. The second kappa shape index (κ2) is 10.4. The van der Waals surface area contributed by atoms with Gasteiger partial charge >= 0.3 is 100 Å². The van der Waals surface area contributed by atoms with Gasteiger partial charge in [-0.2, -0.15) is 96.6 Å². The molecule has 0 aromatic heterocycles. The van der Waals surface area contributed by atoms with Crippen molar-refractivity contribution in [3.63, 3.8) is 0 Å². The van der Waals surface area contributed by atoms with Crippen LogP contribution in [0.2, 0.25) is 0 Å². The van der Waals surface area contributed by atoms with Crippen LogP contribution >= 0.6 is 0 Å². The van der Waals surface area contributed by atoms with Gasteiger partial charge in [-0.1, -0.05) is 0 Å². The molecule has 0 rings (SSSR count). The van der Waals surface area contributed by atoms with Crippen molar-refractivity contribution in [2.45, 2.75) is 70.9 Å². The van der Waals surface area contributed by atoms with E-state index >= 15 is 0 Å². The van der Waals surface area contributed by atoms with Crippen LogP contribution in [0, 0.1) is 0 Å². The van der Waals surface area contributed by atoms with Crippen LogP contribution < -0.4 is 29.6 Å². The third kappa shape index (κ3) is 5.01. The molecule has 0 atom stereocenters. The molecule has 0 aromatic carbocycles. The Hall–Kier alpha value is -0.770. The first-order valence-corrected chi connectivity index (χ1v) is 9.50. The van der Waals surface area contributed by atoms with E-state index in [0.29, 0.717) is 0 Å². The molecule has 41 heavy (non-hydrogen) atoms. The van der Waals surface area contributed by atoms with Crippen molar-refractivity contribution in [1.82, 2.24) is 0 Å². The van der Waals surface area contributed by atoms with E-state index in [1.165, 1.54) is 0 Å². The Morgan fingerprint density at radius 2 is 0.561 bits per heavy atom. The average molecular weight is 704 g/mol. The largest absolute Gasteiger partial charge is 1.00 e. The van der Waals surface area contributed by atoms with Gasteiger partial charge in [0.2, 0.25) is 0 Å². The number of hydrogen-bond acceptors (Lipinski definition) is 3. The van der Waals surface area contributed by atoms with E-state index in [4.69, 9.17) is 0 Å². The van der Waals surface area contributed by atoms with Crippen molar-refractivity contribution in [2.75, 3.05) is 0 Å². The van der Waals surface area contributed by atoms with Crippen molar-refractivity contribution in [2.24, 2.45) is 0 Å². The molecule has 0 spiro atoms. The Kier molecular flexibility index (Phi) is 10.8. The van der Waals surface area contributed by atoms with Gasteiger partial charge in [0.05, 0.1) is 0 Å². The molecule has 0 aliphatic carbocycles. The van der Waals surface area contributed by atoms with Crippen LogP contribution in [0.4, 0.5) is 105 Å². The van der Waals surface area contributed by atoms with E-state index in [-0.39, 0.29) is 29.6 Å².